The molecule has 0 fully saturated rings. The fourth-order valence-corrected chi connectivity index (χ4v) is 2.64. The Kier molecular flexibility index (Phi) is 4.32. The van der Waals surface area contributed by atoms with Gasteiger partial charge in [0.25, 0.3) is 11.8 Å². The number of allylic oxidation sites excluding steroid dienone is 1. The van der Waals surface area contributed by atoms with E-state index < -0.39 is 17.9 Å². The van der Waals surface area contributed by atoms with Gasteiger partial charge in [0, 0.05) is 0 Å². The molecule has 0 aromatic heterocycles. The van der Waals surface area contributed by atoms with E-state index in [-0.39, 0.29) is 22.8 Å². The number of benzene rings is 1. The van der Waals surface area contributed by atoms with Gasteiger partial charge >= 0.3 is 0 Å². The molecule has 0 aliphatic carbocycles. The van der Waals surface area contributed by atoms with Crippen molar-refractivity contribution in [2.75, 3.05) is 0 Å². The van der Waals surface area contributed by atoms with Crippen LogP contribution in [0.1, 0.15) is 46.5 Å². The lowest BCUT2D eigenvalue weighted by atomic mass is 10.0. The Morgan fingerprint density at radius 2 is 2.05 bits per heavy atom. The number of aromatic hydroxyl groups is 1. The molecule has 0 saturated heterocycles. The summed E-state index contributed by atoms with van der Waals surface area (Å²) in [6.07, 6.45) is 2.41. The smallest absolute Gasteiger partial charge is 0.266 e. The van der Waals surface area contributed by atoms with Crippen LogP contribution in [0, 0.1) is 17.2 Å². The first-order valence-electron chi connectivity index (χ1n) is 7.15. The zero-order valence-electron chi connectivity index (χ0n) is 12.7. The topological polar surface area (TPSA) is 81.4 Å². The van der Waals surface area contributed by atoms with E-state index in [4.69, 9.17) is 0 Å². The zero-order valence-corrected chi connectivity index (χ0v) is 12.7. The predicted molar refractivity (Wildman–Crippen MR) is 81.4 cm³/mol. The number of nitriles is 1. The summed E-state index contributed by atoms with van der Waals surface area (Å²) in [7, 11) is 0. The van der Waals surface area contributed by atoms with E-state index in [2.05, 4.69) is 6.58 Å². The van der Waals surface area contributed by atoms with Gasteiger partial charge in [0.2, 0.25) is 0 Å². The molecule has 5 nitrogen and oxygen atoms in total. The molecule has 2 amide bonds. The molecule has 1 aromatic carbocycles. The Morgan fingerprint density at radius 3 is 2.59 bits per heavy atom. The van der Waals surface area contributed by atoms with Crippen molar-refractivity contribution in [3.8, 4) is 11.8 Å². The molecule has 1 aromatic rings. The highest BCUT2D eigenvalue weighted by molar-refractivity contribution is 6.23. The number of imide groups is 1. The molecule has 0 saturated carbocycles. The maximum absolute atomic E-state index is 12.5. The van der Waals surface area contributed by atoms with Crippen molar-refractivity contribution in [3.05, 3.63) is 41.5 Å². The minimum absolute atomic E-state index is 0.00615. The van der Waals surface area contributed by atoms with Crippen molar-refractivity contribution in [2.24, 2.45) is 5.92 Å². The molecular weight excluding hydrogens is 280 g/mol. The second-order valence-electron chi connectivity index (χ2n) is 5.74. The molecule has 0 bridgehead atoms. The third-order valence-corrected chi connectivity index (χ3v) is 3.66. The molecule has 5 heteroatoms. The Morgan fingerprint density at radius 1 is 1.36 bits per heavy atom. The number of rotatable bonds is 5. The number of phenolic OH excluding ortho intramolecular Hbond substituents is 1. The highest BCUT2D eigenvalue weighted by Crippen LogP contribution is 2.35. The number of carbonyl (C=O) groups excluding carboxylic acids is 2. The Bertz CT molecular complexity index is 686. The van der Waals surface area contributed by atoms with Crippen LogP contribution in [-0.2, 0) is 6.42 Å². The molecule has 1 heterocycles. The van der Waals surface area contributed by atoms with Gasteiger partial charge in [-0.15, -0.1) is 6.58 Å². The highest BCUT2D eigenvalue weighted by atomic mass is 16.3. The van der Waals surface area contributed by atoms with E-state index in [9.17, 15) is 20.0 Å². The average molecular weight is 298 g/mol. The summed E-state index contributed by atoms with van der Waals surface area (Å²) in [5, 5.41) is 19.5. The first kappa shape index (κ1) is 15.8. The molecule has 0 spiro atoms. The van der Waals surface area contributed by atoms with Gasteiger partial charge in [-0.25, -0.2) is 0 Å². The average Bonchev–Trinajstić information content (AvgIpc) is 2.72. The van der Waals surface area contributed by atoms with E-state index in [1.807, 2.05) is 19.9 Å². The molecule has 2 rings (SSSR count). The zero-order chi connectivity index (χ0) is 16.4. The molecule has 1 unspecified atom stereocenters. The van der Waals surface area contributed by atoms with Crippen LogP contribution in [0.4, 0.5) is 0 Å². The Labute approximate surface area is 129 Å². The van der Waals surface area contributed by atoms with Gasteiger partial charge < -0.3 is 5.11 Å². The molecule has 1 N–H and O–H groups in total. The fraction of sp³-hybridized carbons (Fsp3) is 0.353. The van der Waals surface area contributed by atoms with E-state index in [0.717, 1.165) is 4.90 Å². The van der Waals surface area contributed by atoms with Gasteiger partial charge in [-0.3, -0.25) is 14.5 Å². The van der Waals surface area contributed by atoms with E-state index >= 15 is 0 Å². The van der Waals surface area contributed by atoms with Gasteiger partial charge in [0.15, 0.2) is 0 Å². The first-order valence-corrected chi connectivity index (χ1v) is 7.15. The second kappa shape index (κ2) is 6.02. The normalized spacial score (nSPS) is 14.9. The standard InChI is InChI=1S/C17H18N2O3/c1-4-5-11-6-7-13-14(15(11)20)17(22)19(16(13)21)12(9-18)8-10(2)3/h4,6-7,10,12,20H,1,5,8H2,2-3H3. The number of phenols is 1. The number of amides is 2. The van der Waals surface area contributed by atoms with Crippen molar-refractivity contribution in [3.63, 3.8) is 0 Å². The lowest BCUT2D eigenvalue weighted by molar-refractivity contribution is 0.0605. The van der Waals surface area contributed by atoms with Crippen LogP contribution in [0.5, 0.6) is 5.75 Å². The summed E-state index contributed by atoms with van der Waals surface area (Å²) >= 11 is 0. The molecule has 1 atom stereocenters. The van der Waals surface area contributed by atoms with E-state index in [0.29, 0.717) is 18.4 Å². The van der Waals surface area contributed by atoms with E-state index in [1.165, 1.54) is 6.07 Å². The van der Waals surface area contributed by atoms with Crippen LogP contribution in [0.15, 0.2) is 24.8 Å². The summed E-state index contributed by atoms with van der Waals surface area (Å²) in [6.45, 7) is 7.43. The summed E-state index contributed by atoms with van der Waals surface area (Å²) in [6, 6.07) is 4.32. The summed E-state index contributed by atoms with van der Waals surface area (Å²) < 4.78 is 0. The van der Waals surface area contributed by atoms with Crippen LogP contribution in [0.3, 0.4) is 0 Å². The third-order valence-electron chi connectivity index (χ3n) is 3.66. The molecule has 22 heavy (non-hydrogen) atoms. The van der Waals surface area contributed by atoms with Crippen molar-refractivity contribution < 1.29 is 14.7 Å². The molecule has 1 aliphatic rings. The van der Waals surface area contributed by atoms with Crippen molar-refractivity contribution in [1.82, 2.24) is 4.90 Å². The van der Waals surface area contributed by atoms with Gasteiger partial charge in [-0.1, -0.05) is 26.0 Å². The number of fused-ring (bicyclic) bond motifs is 1. The third kappa shape index (κ3) is 2.48. The van der Waals surface area contributed by atoms with Crippen LogP contribution in [0.2, 0.25) is 0 Å². The maximum atomic E-state index is 12.5. The lowest BCUT2D eigenvalue weighted by Crippen LogP contribution is -2.39. The van der Waals surface area contributed by atoms with Crippen LogP contribution >= 0.6 is 0 Å². The minimum atomic E-state index is -0.824. The van der Waals surface area contributed by atoms with Crippen LogP contribution < -0.4 is 0 Å². The SMILES string of the molecule is C=CCc1ccc2c(c1O)C(=O)N(C(C#N)CC(C)C)C2=O. The molecular formula is C17H18N2O3. The van der Waals surface area contributed by atoms with Crippen molar-refractivity contribution >= 4 is 11.8 Å². The van der Waals surface area contributed by atoms with E-state index in [1.54, 1.807) is 12.1 Å². The van der Waals surface area contributed by atoms with Gasteiger partial charge in [-0.05, 0) is 30.4 Å². The predicted octanol–water partition coefficient (Wildman–Crippen LogP) is 2.65. The van der Waals surface area contributed by atoms with Crippen molar-refractivity contribution in [2.45, 2.75) is 32.7 Å². The van der Waals surface area contributed by atoms with Crippen molar-refractivity contribution in [1.29, 1.82) is 5.26 Å². The van der Waals surface area contributed by atoms with Gasteiger partial charge in [0.1, 0.15) is 11.8 Å². The summed E-state index contributed by atoms with van der Waals surface area (Å²) in [5.74, 6) is -1.15. The first-order chi connectivity index (χ1) is 10.4. The lowest BCUT2D eigenvalue weighted by Gasteiger charge is -2.21. The number of carbonyl (C=O) groups is 2. The minimum Gasteiger partial charge on any atom is -0.507 e. The molecule has 1 aliphatic heterocycles. The Hall–Kier alpha value is -2.61. The van der Waals surface area contributed by atoms with Crippen LogP contribution in [0.25, 0.3) is 0 Å². The van der Waals surface area contributed by atoms with Gasteiger partial charge in [0.05, 0.1) is 17.2 Å². The molecule has 114 valence electrons. The highest BCUT2D eigenvalue weighted by Gasteiger charge is 2.42. The number of hydrogen-bond donors (Lipinski definition) is 1. The summed E-state index contributed by atoms with van der Waals surface area (Å²) in [4.78, 5) is 25.9. The monoisotopic (exact) mass is 298 g/mol. The maximum Gasteiger partial charge on any atom is 0.266 e. The quantitative estimate of drug-likeness (QED) is 0.669. The fourth-order valence-electron chi connectivity index (χ4n) is 2.64. The van der Waals surface area contributed by atoms with Gasteiger partial charge in [-0.2, -0.15) is 5.26 Å². The number of nitrogens with zero attached hydrogens (tertiary/aromatic N) is 2. The number of hydrogen-bond acceptors (Lipinski definition) is 4. The molecule has 0 radical (unpaired) electrons. The largest absolute Gasteiger partial charge is 0.507 e. The van der Waals surface area contributed by atoms with Crippen LogP contribution in [-0.4, -0.2) is 27.9 Å². The summed E-state index contributed by atoms with van der Waals surface area (Å²) in [5.41, 5.74) is 0.682. The Balaban J connectivity index is 2.47. The second-order valence-corrected chi connectivity index (χ2v) is 5.74.